The van der Waals surface area contributed by atoms with Crippen LogP contribution in [-0.2, 0) is 0 Å². The van der Waals surface area contributed by atoms with Crippen LogP contribution in [0.2, 0.25) is 0 Å². The number of amides is 1. The van der Waals surface area contributed by atoms with E-state index in [-0.39, 0.29) is 12.1 Å². The second-order valence-electron chi connectivity index (χ2n) is 4.08. The van der Waals surface area contributed by atoms with Crippen molar-refractivity contribution < 1.29 is 9.90 Å². The second kappa shape index (κ2) is 4.49. The molecule has 0 saturated heterocycles. The summed E-state index contributed by atoms with van der Waals surface area (Å²) < 4.78 is 0. The minimum Gasteiger partial charge on any atom is -0.465 e. The first-order valence-electron chi connectivity index (χ1n) is 5.14. The summed E-state index contributed by atoms with van der Waals surface area (Å²) >= 11 is 0. The Bertz CT molecular complexity index is 174. The molecule has 0 radical (unpaired) electrons. The Kier molecular flexibility index (Phi) is 3.58. The SMILES string of the molecule is CC(C)N(C(=O)O)C1CCCCC1. The highest BCUT2D eigenvalue weighted by Crippen LogP contribution is 2.24. The van der Waals surface area contributed by atoms with E-state index in [2.05, 4.69) is 0 Å². The average Bonchev–Trinajstić information content (AvgIpc) is 2.04. The Morgan fingerprint density at radius 3 is 2.23 bits per heavy atom. The monoisotopic (exact) mass is 185 g/mol. The number of carboxylic acid groups (broad SMARTS) is 1. The first kappa shape index (κ1) is 10.4. The summed E-state index contributed by atoms with van der Waals surface area (Å²) in [7, 11) is 0. The van der Waals surface area contributed by atoms with Crippen molar-refractivity contribution >= 4 is 6.09 Å². The molecule has 76 valence electrons. The van der Waals surface area contributed by atoms with Crippen LogP contribution in [0.1, 0.15) is 46.0 Å². The van der Waals surface area contributed by atoms with Gasteiger partial charge in [-0.1, -0.05) is 19.3 Å². The molecule has 0 aromatic rings. The normalized spacial score (nSPS) is 19.0. The van der Waals surface area contributed by atoms with Gasteiger partial charge in [0.2, 0.25) is 0 Å². The standard InChI is InChI=1S/C10H19NO2/c1-8(2)11(10(12)13)9-6-4-3-5-7-9/h8-9H,3-7H2,1-2H3,(H,12,13). The van der Waals surface area contributed by atoms with Crippen molar-refractivity contribution in [1.82, 2.24) is 4.90 Å². The van der Waals surface area contributed by atoms with Gasteiger partial charge in [0, 0.05) is 12.1 Å². The molecule has 3 heteroatoms. The molecule has 0 aliphatic heterocycles. The Morgan fingerprint density at radius 1 is 1.31 bits per heavy atom. The lowest BCUT2D eigenvalue weighted by Crippen LogP contribution is -2.44. The van der Waals surface area contributed by atoms with Gasteiger partial charge in [0.1, 0.15) is 0 Å². The molecule has 1 amide bonds. The van der Waals surface area contributed by atoms with Gasteiger partial charge in [-0.3, -0.25) is 0 Å². The van der Waals surface area contributed by atoms with Crippen LogP contribution in [0.5, 0.6) is 0 Å². The van der Waals surface area contributed by atoms with Crippen LogP contribution in [0.15, 0.2) is 0 Å². The maximum absolute atomic E-state index is 11.0. The molecule has 0 aromatic heterocycles. The predicted molar refractivity (Wildman–Crippen MR) is 51.9 cm³/mol. The number of nitrogens with zero attached hydrogens (tertiary/aromatic N) is 1. The molecule has 1 fully saturated rings. The van der Waals surface area contributed by atoms with E-state index in [1.807, 2.05) is 13.8 Å². The van der Waals surface area contributed by atoms with Crippen LogP contribution >= 0.6 is 0 Å². The van der Waals surface area contributed by atoms with Crippen LogP contribution in [0.25, 0.3) is 0 Å². The predicted octanol–water partition coefficient (Wildman–Crippen LogP) is 2.71. The highest BCUT2D eigenvalue weighted by molar-refractivity contribution is 5.65. The quantitative estimate of drug-likeness (QED) is 0.718. The molecule has 0 atom stereocenters. The molecule has 1 N–H and O–H groups in total. The largest absolute Gasteiger partial charge is 0.465 e. The third-order valence-electron chi connectivity index (χ3n) is 2.75. The van der Waals surface area contributed by atoms with E-state index in [0.717, 1.165) is 12.8 Å². The summed E-state index contributed by atoms with van der Waals surface area (Å²) in [6.07, 6.45) is 4.96. The molecule has 1 aliphatic rings. The molecular weight excluding hydrogens is 166 g/mol. The molecule has 3 nitrogen and oxygen atoms in total. The zero-order valence-electron chi connectivity index (χ0n) is 8.49. The fourth-order valence-corrected chi connectivity index (χ4v) is 2.16. The van der Waals surface area contributed by atoms with Gasteiger partial charge < -0.3 is 10.0 Å². The van der Waals surface area contributed by atoms with Crippen molar-refractivity contribution in [2.75, 3.05) is 0 Å². The van der Waals surface area contributed by atoms with Gasteiger partial charge in [-0.25, -0.2) is 4.79 Å². The Hall–Kier alpha value is -0.730. The number of hydrogen-bond acceptors (Lipinski definition) is 1. The maximum atomic E-state index is 11.0. The summed E-state index contributed by atoms with van der Waals surface area (Å²) in [6.45, 7) is 3.89. The third kappa shape index (κ3) is 2.61. The molecule has 0 unspecified atom stereocenters. The van der Waals surface area contributed by atoms with E-state index >= 15 is 0 Å². The van der Waals surface area contributed by atoms with Gasteiger partial charge in [-0.15, -0.1) is 0 Å². The van der Waals surface area contributed by atoms with Crippen molar-refractivity contribution in [3.8, 4) is 0 Å². The van der Waals surface area contributed by atoms with Crippen molar-refractivity contribution in [2.24, 2.45) is 0 Å². The molecule has 0 spiro atoms. The summed E-state index contributed by atoms with van der Waals surface area (Å²) in [5, 5.41) is 9.02. The third-order valence-corrected chi connectivity index (χ3v) is 2.75. The lowest BCUT2D eigenvalue weighted by atomic mass is 9.94. The van der Waals surface area contributed by atoms with Gasteiger partial charge in [0.15, 0.2) is 0 Å². The molecule has 13 heavy (non-hydrogen) atoms. The van der Waals surface area contributed by atoms with Gasteiger partial charge in [-0.2, -0.15) is 0 Å². The molecule has 0 heterocycles. The van der Waals surface area contributed by atoms with E-state index in [1.54, 1.807) is 4.90 Å². The summed E-state index contributed by atoms with van der Waals surface area (Å²) in [5.74, 6) is 0. The smallest absolute Gasteiger partial charge is 0.407 e. The molecule has 1 aliphatic carbocycles. The van der Waals surface area contributed by atoms with Crippen molar-refractivity contribution in [3.63, 3.8) is 0 Å². The maximum Gasteiger partial charge on any atom is 0.407 e. The zero-order chi connectivity index (χ0) is 9.84. The minimum atomic E-state index is -0.762. The zero-order valence-corrected chi connectivity index (χ0v) is 8.49. The summed E-state index contributed by atoms with van der Waals surface area (Å²) in [6, 6.07) is 0.381. The first-order chi connectivity index (χ1) is 6.13. The van der Waals surface area contributed by atoms with E-state index in [0.29, 0.717) is 0 Å². The van der Waals surface area contributed by atoms with Crippen molar-refractivity contribution in [1.29, 1.82) is 0 Å². The fourth-order valence-electron chi connectivity index (χ4n) is 2.16. The highest BCUT2D eigenvalue weighted by Gasteiger charge is 2.26. The first-order valence-corrected chi connectivity index (χ1v) is 5.14. The van der Waals surface area contributed by atoms with Crippen LogP contribution in [-0.4, -0.2) is 28.2 Å². The molecule has 0 aromatic carbocycles. The van der Waals surface area contributed by atoms with E-state index in [4.69, 9.17) is 5.11 Å². The van der Waals surface area contributed by atoms with Crippen LogP contribution in [0.4, 0.5) is 4.79 Å². The fraction of sp³-hybridized carbons (Fsp3) is 0.900. The number of hydrogen-bond donors (Lipinski definition) is 1. The molecular formula is C10H19NO2. The topological polar surface area (TPSA) is 40.5 Å². The van der Waals surface area contributed by atoms with Gasteiger partial charge in [0.25, 0.3) is 0 Å². The van der Waals surface area contributed by atoms with Crippen LogP contribution in [0, 0.1) is 0 Å². The van der Waals surface area contributed by atoms with Crippen molar-refractivity contribution in [2.45, 2.75) is 58.0 Å². The summed E-state index contributed by atoms with van der Waals surface area (Å²) in [5.41, 5.74) is 0. The van der Waals surface area contributed by atoms with Crippen LogP contribution in [0.3, 0.4) is 0 Å². The molecule has 1 rings (SSSR count). The second-order valence-corrected chi connectivity index (χ2v) is 4.08. The summed E-state index contributed by atoms with van der Waals surface area (Å²) in [4.78, 5) is 12.6. The highest BCUT2D eigenvalue weighted by atomic mass is 16.4. The molecule has 1 saturated carbocycles. The molecule has 0 bridgehead atoms. The van der Waals surface area contributed by atoms with Gasteiger partial charge in [0.05, 0.1) is 0 Å². The van der Waals surface area contributed by atoms with Gasteiger partial charge in [-0.05, 0) is 26.7 Å². The lowest BCUT2D eigenvalue weighted by molar-refractivity contribution is 0.0932. The van der Waals surface area contributed by atoms with E-state index in [9.17, 15) is 4.79 Å². The van der Waals surface area contributed by atoms with E-state index < -0.39 is 6.09 Å². The number of rotatable bonds is 2. The lowest BCUT2D eigenvalue weighted by Gasteiger charge is -2.35. The number of carbonyl (C=O) groups is 1. The van der Waals surface area contributed by atoms with Crippen molar-refractivity contribution in [3.05, 3.63) is 0 Å². The Morgan fingerprint density at radius 2 is 1.85 bits per heavy atom. The van der Waals surface area contributed by atoms with E-state index in [1.165, 1.54) is 19.3 Å². The average molecular weight is 185 g/mol. The van der Waals surface area contributed by atoms with Crippen LogP contribution < -0.4 is 0 Å². The Balaban J connectivity index is 2.57. The van der Waals surface area contributed by atoms with Gasteiger partial charge >= 0.3 is 6.09 Å². The minimum absolute atomic E-state index is 0.112. The Labute approximate surface area is 79.7 Å².